The first-order chi connectivity index (χ1) is 11.5. The minimum Gasteiger partial charge on any atom is -0.480 e. The largest absolute Gasteiger partial charge is 0.480 e. The SMILES string of the molecule is CC(NC(=O)c1ccoc1CN1c2ccccc2CC1C)C(=O)O. The molecule has 1 amide bonds. The Kier molecular flexibility index (Phi) is 4.29. The van der Waals surface area contributed by atoms with E-state index in [4.69, 9.17) is 9.52 Å². The molecule has 0 saturated carbocycles. The van der Waals surface area contributed by atoms with E-state index in [-0.39, 0.29) is 0 Å². The minimum absolute atomic E-state index is 0.307. The molecule has 126 valence electrons. The number of benzene rings is 1. The molecule has 24 heavy (non-hydrogen) atoms. The van der Waals surface area contributed by atoms with Crippen molar-refractivity contribution in [1.29, 1.82) is 0 Å². The third-order valence-corrected chi connectivity index (χ3v) is 4.37. The Hall–Kier alpha value is -2.76. The first-order valence-corrected chi connectivity index (χ1v) is 7.92. The Morgan fingerprint density at radius 3 is 2.88 bits per heavy atom. The van der Waals surface area contributed by atoms with Gasteiger partial charge in [0.1, 0.15) is 11.8 Å². The summed E-state index contributed by atoms with van der Waals surface area (Å²) in [4.78, 5) is 25.4. The van der Waals surface area contributed by atoms with Gasteiger partial charge in [-0.15, -0.1) is 0 Å². The van der Waals surface area contributed by atoms with Crippen molar-refractivity contribution in [3.63, 3.8) is 0 Å². The van der Waals surface area contributed by atoms with Crippen LogP contribution < -0.4 is 10.2 Å². The summed E-state index contributed by atoms with van der Waals surface area (Å²) in [5, 5.41) is 11.4. The number of carboxylic acids is 1. The first kappa shape index (κ1) is 16.1. The number of amides is 1. The van der Waals surface area contributed by atoms with Crippen LogP contribution in [0.2, 0.25) is 0 Å². The van der Waals surface area contributed by atoms with Crippen molar-refractivity contribution in [1.82, 2.24) is 5.32 Å². The van der Waals surface area contributed by atoms with Crippen molar-refractivity contribution < 1.29 is 19.1 Å². The maximum Gasteiger partial charge on any atom is 0.325 e. The van der Waals surface area contributed by atoms with Crippen LogP contribution in [0.1, 0.15) is 35.5 Å². The van der Waals surface area contributed by atoms with Crippen LogP contribution in [0.4, 0.5) is 5.69 Å². The molecule has 2 aromatic rings. The Morgan fingerprint density at radius 1 is 1.38 bits per heavy atom. The summed E-state index contributed by atoms with van der Waals surface area (Å²) in [6.45, 7) is 4.03. The lowest BCUT2D eigenvalue weighted by molar-refractivity contribution is -0.138. The molecule has 0 radical (unpaired) electrons. The molecular formula is C18H20N2O4. The smallest absolute Gasteiger partial charge is 0.325 e. The number of rotatable bonds is 5. The molecule has 1 aromatic heterocycles. The van der Waals surface area contributed by atoms with Gasteiger partial charge in [-0.3, -0.25) is 9.59 Å². The zero-order valence-electron chi connectivity index (χ0n) is 13.7. The van der Waals surface area contributed by atoms with Gasteiger partial charge in [0, 0.05) is 11.7 Å². The fourth-order valence-electron chi connectivity index (χ4n) is 3.03. The van der Waals surface area contributed by atoms with Crippen LogP contribution in [0.25, 0.3) is 0 Å². The molecule has 2 unspecified atom stereocenters. The molecule has 2 N–H and O–H groups in total. The summed E-state index contributed by atoms with van der Waals surface area (Å²) in [6.07, 6.45) is 2.41. The number of nitrogens with one attached hydrogen (secondary N) is 1. The topological polar surface area (TPSA) is 82.8 Å². The van der Waals surface area contributed by atoms with Gasteiger partial charge in [0.25, 0.3) is 5.91 Å². The Bertz CT molecular complexity index is 768. The molecule has 3 rings (SSSR count). The number of hydrogen-bond acceptors (Lipinski definition) is 4. The standard InChI is InChI=1S/C18H20N2O4/c1-11-9-13-5-3-4-6-15(13)20(11)10-16-14(7-8-24-16)17(21)19-12(2)18(22)23/h3-8,11-12H,9-10H2,1-2H3,(H,19,21)(H,22,23). The minimum atomic E-state index is -1.07. The highest BCUT2D eigenvalue weighted by Crippen LogP contribution is 2.33. The molecule has 1 aliphatic rings. The lowest BCUT2D eigenvalue weighted by Crippen LogP contribution is -2.38. The number of fused-ring (bicyclic) bond motifs is 1. The van der Waals surface area contributed by atoms with Gasteiger partial charge in [-0.25, -0.2) is 0 Å². The van der Waals surface area contributed by atoms with Gasteiger partial charge in [-0.05, 0) is 38.0 Å². The second-order valence-corrected chi connectivity index (χ2v) is 6.10. The highest BCUT2D eigenvalue weighted by atomic mass is 16.4. The number of aliphatic carboxylic acids is 1. The average molecular weight is 328 g/mol. The zero-order valence-corrected chi connectivity index (χ0v) is 13.7. The second-order valence-electron chi connectivity index (χ2n) is 6.10. The first-order valence-electron chi connectivity index (χ1n) is 7.92. The van der Waals surface area contributed by atoms with Crippen LogP contribution >= 0.6 is 0 Å². The zero-order chi connectivity index (χ0) is 17.3. The molecule has 0 saturated heterocycles. The van der Waals surface area contributed by atoms with E-state index in [9.17, 15) is 9.59 Å². The van der Waals surface area contributed by atoms with E-state index in [1.165, 1.54) is 18.8 Å². The van der Waals surface area contributed by atoms with Gasteiger partial charge in [-0.1, -0.05) is 18.2 Å². The molecule has 0 bridgehead atoms. The van der Waals surface area contributed by atoms with Crippen molar-refractivity contribution in [2.45, 2.75) is 38.9 Å². The number of para-hydroxylation sites is 1. The molecule has 0 fully saturated rings. The summed E-state index contributed by atoms with van der Waals surface area (Å²) < 4.78 is 5.50. The number of carboxylic acid groups (broad SMARTS) is 1. The van der Waals surface area contributed by atoms with E-state index in [0.717, 1.165) is 12.1 Å². The summed E-state index contributed by atoms with van der Waals surface area (Å²) in [7, 11) is 0. The van der Waals surface area contributed by atoms with Gasteiger partial charge in [0.05, 0.1) is 18.4 Å². The van der Waals surface area contributed by atoms with E-state index in [1.807, 2.05) is 12.1 Å². The monoisotopic (exact) mass is 328 g/mol. The van der Waals surface area contributed by atoms with Crippen LogP contribution in [-0.4, -0.2) is 29.1 Å². The van der Waals surface area contributed by atoms with Crippen LogP contribution in [-0.2, 0) is 17.8 Å². The third-order valence-electron chi connectivity index (χ3n) is 4.37. The van der Waals surface area contributed by atoms with Crippen molar-refractivity contribution in [3.05, 3.63) is 53.5 Å². The van der Waals surface area contributed by atoms with Gasteiger partial charge >= 0.3 is 5.97 Å². The fourth-order valence-corrected chi connectivity index (χ4v) is 3.03. The number of furan rings is 1. The van der Waals surface area contributed by atoms with Gasteiger partial charge in [-0.2, -0.15) is 0 Å². The quantitative estimate of drug-likeness (QED) is 0.881. The van der Waals surface area contributed by atoms with Crippen LogP contribution in [0.15, 0.2) is 41.0 Å². The van der Waals surface area contributed by atoms with Gasteiger partial charge in [0.15, 0.2) is 0 Å². The molecule has 1 aromatic carbocycles. The summed E-state index contributed by atoms with van der Waals surface area (Å²) in [5.74, 6) is -0.974. The molecule has 0 aliphatic carbocycles. The van der Waals surface area contributed by atoms with Gasteiger partial charge in [0.2, 0.25) is 0 Å². The summed E-state index contributed by atoms with van der Waals surface area (Å²) in [6, 6.07) is 9.12. The number of carbonyl (C=O) groups excluding carboxylic acids is 1. The summed E-state index contributed by atoms with van der Waals surface area (Å²) in [5.41, 5.74) is 2.80. The Balaban J connectivity index is 1.79. The molecule has 6 nitrogen and oxygen atoms in total. The maximum absolute atomic E-state index is 12.3. The van der Waals surface area contributed by atoms with E-state index in [2.05, 4.69) is 29.3 Å². The number of carbonyl (C=O) groups is 2. The van der Waals surface area contributed by atoms with Crippen LogP contribution in [0.3, 0.4) is 0 Å². The highest BCUT2D eigenvalue weighted by molar-refractivity contribution is 5.97. The molecule has 6 heteroatoms. The van der Waals surface area contributed by atoms with Crippen molar-refractivity contribution in [2.75, 3.05) is 4.90 Å². The molecule has 1 aliphatic heterocycles. The predicted octanol–water partition coefficient (Wildman–Crippen LogP) is 2.43. The molecular weight excluding hydrogens is 308 g/mol. The van der Waals surface area contributed by atoms with E-state index < -0.39 is 17.9 Å². The Morgan fingerprint density at radius 2 is 2.12 bits per heavy atom. The van der Waals surface area contributed by atoms with E-state index in [1.54, 1.807) is 6.07 Å². The summed E-state index contributed by atoms with van der Waals surface area (Å²) >= 11 is 0. The fraction of sp³-hybridized carbons (Fsp3) is 0.333. The lowest BCUT2D eigenvalue weighted by atomic mass is 10.1. The van der Waals surface area contributed by atoms with Crippen LogP contribution in [0.5, 0.6) is 0 Å². The van der Waals surface area contributed by atoms with Gasteiger partial charge < -0.3 is 19.7 Å². The van der Waals surface area contributed by atoms with Crippen LogP contribution in [0, 0.1) is 0 Å². The number of anilines is 1. The average Bonchev–Trinajstić information content (AvgIpc) is 3.12. The lowest BCUT2D eigenvalue weighted by Gasteiger charge is -2.24. The predicted molar refractivity (Wildman–Crippen MR) is 89.1 cm³/mol. The van der Waals surface area contributed by atoms with E-state index >= 15 is 0 Å². The number of hydrogen-bond donors (Lipinski definition) is 2. The normalized spacial score (nSPS) is 17.4. The molecule has 0 spiro atoms. The highest BCUT2D eigenvalue weighted by Gasteiger charge is 2.28. The van der Waals surface area contributed by atoms with Crippen molar-refractivity contribution in [3.8, 4) is 0 Å². The van der Waals surface area contributed by atoms with E-state index in [0.29, 0.717) is 23.9 Å². The maximum atomic E-state index is 12.3. The number of nitrogens with zero attached hydrogens (tertiary/aromatic N) is 1. The van der Waals surface area contributed by atoms with Crippen molar-refractivity contribution in [2.24, 2.45) is 0 Å². The Labute approximate surface area is 140 Å². The molecule has 2 heterocycles. The molecule has 2 atom stereocenters. The second kappa shape index (κ2) is 6.39. The third kappa shape index (κ3) is 2.99. The van der Waals surface area contributed by atoms with Crippen molar-refractivity contribution >= 4 is 17.6 Å².